The Kier molecular flexibility index (Phi) is 14.8. The second kappa shape index (κ2) is 17.2. The van der Waals surface area contributed by atoms with Gasteiger partial charge in [-0.25, -0.2) is 0 Å². The van der Waals surface area contributed by atoms with Crippen LogP contribution < -0.4 is 0 Å². The molecule has 0 bridgehead atoms. The zero-order valence-corrected chi connectivity index (χ0v) is 14.7. The van der Waals surface area contributed by atoms with E-state index in [0.29, 0.717) is 0 Å². The Labute approximate surface area is 141 Å². The minimum absolute atomic E-state index is 0.732. The summed E-state index contributed by atoms with van der Waals surface area (Å²) in [5, 5.41) is 22.2. The van der Waals surface area contributed by atoms with Gasteiger partial charge in [0.1, 0.15) is 0 Å². The fourth-order valence-electron chi connectivity index (χ4n) is 2.84. The number of rotatable bonds is 0. The molecular formula is C17H34N6. The molecule has 1 heterocycles. The molecule has 0 aromatic heterocycles. The Morgan fingerprint density at radius 1 is 0.261 bits per heavy atom. The van der Waals surface area contributed by atoms with E-state index in [0.717, 1.165) is 25.9 Å². The summed E-state index contributed by atoms with van der Waals surface area (Å²) in [6.45, 7) is 1.46. The van der Waals surface area contributed by atoms with Crippen molar-refractivity contribution in [3.63, 3.8) is 0 Å². The highest BCUT2D eigenvalue weighted by Gasteiger charge is 1.95. The first-order valence-electron chi connectivity index (χ1n) is 9.63. The van der Waals surface area contributed by atoms with Gasteiger partial charge >= 0.3 is 0 Å². The van der Waals surface area contributed by atoms with Crippen LogP contribution in [0.1, 0.15) is 96.3 Å². The molecule has 6 nitrogen and oxygen atoms in total. The monoisotopic (exact) mass is 322 g/mol. The van der Waals surface area contributed by atoms with Gasteiger partial charge in [0.25, 0.3) is 0 Å². The molecule has 0 aromatic carbocycles. The van der Waals surface area contributed by atoms with Crippen LogP contribution in [0, 0.1) is 0 Å². The summed E-state index contributed by atoms with van der Waals surface area (Å²) >= 11 is 0. The summed E-state index contributed by atoms with van der Waals surface area (Å²) < 4.78 is 0. The molecule has 0 atom stereocenters. The van der Waals surface area contributed by atoms with Crippen LogP contribution in [0.15, 0.2) is 31.1 Å². The summed E-state index contributed by atoms with van der Waals surface area (Å²) in [4.78, 5) is 0. The van der Waals surface area contributed by atoms with Crippen molar-refractivity contribution < 1.29 is 0 Å². The molecule has 0 aliphatic carbocycles. The van der Waals surface area contributed by atoms with E-state index in [1.54, 1.807) is 0 Å². The standard InChI is InChI=1S/C17H34N6/c1-2-4-6-8-10-12-14-16-18-20-22-23-21-19-17-15-13-11-9-7-5-3-1/h1-17H2/b20-18+,21-19+,23-22+. The van der Waals surface area contributed by atoms with Gasteiger partial charge in [-0.05, 0) is 33.7 Å². The van der Waals surface area contributed by atoms with Crippen LogP contribution in [0.2, 0.25) is 0 Å². The van der Waals surface area contributed by atoms with Gasteiger partial charge in [-0.2, -0.15) is 10.2 Å². The zero-order valence-electron chi connectivity index (χ0n) is 14.7. The highest BCUT2D eigenvalue weighted by Crippen LogP contribution is 2.13. The first-order valence-corrected chi connectivity index (χ1v) is 9.63. The maximum absolute atomic E-state index is 3.96. The molecular weight excluding hydrogens is 288 g/mol. The minimum atomic E-state index is 0.732. The van der Waals surface area contributed by atoms with E-state index >= 15 is 0 Å². The normalized spacial score (nSPS) is 26.1. The third-order valence-electron chi connectivity index (χ3n) is 4.26. The predicted molar refractivity (Wildman–Crippen MR) is 93.6 cm³/mol. The van der Waals surface area contributed by atoms with Gasteiger partial charge in [0.15, 0.2) is 0 Å². The molecule has 0 fully saturated rings. The smallest absolute Gasteiger partial charge is 0.0621 e. The summed E-state index contributed by atoms with van der Waals surface area (Å²) in [5.41, 5.74) is 0. The summed E-state index contributed by atoms with van der Waals surface area (Å²) in [7, 11) is 0. The van der Waals surface area contributed by atoms with E-state index in [9.17, 15) is 0 Å². The quantitative estimate of drug-likeness (QED) is 0.458. The average molecular weight is 323 g/mol. The van der Waals surface area contributed by atoms with Gasteiger partial charge < -0.3 is 0 Å². The van der Waals surface area contributed by atoms with Crippen LogP contribution >= 0.6 is 0 Å². The van der Waals surface area contributed by atoms with Gasteiger partial charge in [-0.1, -0.05) is 83.5 Å². The average Bonchev–Trinajstić information content (AvgIpc) is 2.56. The van der Waals surface area contributed by atoms with Crippen LogP contribution in [0.4, 0.5) is 0 Å². The fraction of sp³-hybridized carbons (Fsp3) is 1.00. The van der Waals surface area contributed by atoms with E-state index in [-0.39, 0.29) is 0 Å². The first-order chi connectivity index (χ1) is 11.5. The third-order valence-corrected chi connectivity index (χ3v) is 4.26. The Bertz CT molecular complexity index is 297. The van der Waals surface area contributed by atoms with E-state index < -0.39 is 0 Å². The SMILES string of the molecule is C1CCCCCCCC/N=N/N=N/N=N/CCCCCCCC1. The lowest BCUT2D eigenvalue weighted by molar-refractivity contribution is 0.531. The maximum Gasteiger partial charge on any atom is 0.0621 e. The van der Waals surface area contributed by atoms with Gasteiger partial charge in [0.2, 0.25) is 0 Å². The van der Waals surface area contributed by atoms with Gasteiger partial charge in [-0.15, -0.1) is 0 Å². The molecule has 1 aliphatic heterocycles. The van der Waals surface area contributed by atoms with Gasteiger partial charge in [-0.3, -0.25) is 0 Å². The van der Waals surface area contributed by atoms with Gasteiger partial charge in [0, 0.05) is 0 Å². The van der Waals surface area contributed by atoms with Crippen molar-refractivity contribution in [2.75, 3.05) is 13.1 Å². The molecule has 132 valence electrons. The molecule has 0 amide bonds. The summed E-state index contributed by atoms with van der Waals surface area (Å²) in [6.07, 6.45) is 19.8. The van der Waals surface area contributed by atoms with Crippen molar-refractivity contribution in [2.24, 2.45) is 31.1 Å². The second-order valence-electron chi connectivity index (χ2n) is 6.39. The lowest BCUT2D eigenvalue weighted by atomic mass is 10.0. The Morgan fingerprint density at radius 3 is 0.826 bits per heavy atom. The molecule has 0 spiro atoms. The molecule has 1 aliphatic rings. The molecule has 0 saturated carbocycles. The van der Waals surface area contributed by atoms with Crippen molar-refractivity contribution in [1.29, 1.82) is 0 Å². The molecule has 0 saturated heterocycles. The number of hydrogen-bond acceptors (Lipinski definition) is 6. The summed E-state index contributed by atoms with van der Waals surface area (Å²) in [6, 6.07) is 0. The van der Waals surface area contributed by atoms with E-state index in [2.05, 4.69) is 31.1 Å². The topological polar surface area (TPSA) is 74.2 Å². The first kappa shape index (κ1) is 19.8. The van der Waals surface area contributed by atoms with Crippen LogP contribution in [0.5, 0.6) is 0 Å². The van der Waals surface area contributed by atoms with E-state index in [4.69, 9.17) is 0 Å². The maximum atomic E-state index is 3.96. The Morgan fingerprint density at radius 2 is 0.522 bits per heavy atom. The second-order valence-corrected chi connectivity index (χ2v) is 6.39. The Balaban J connectivity index is 2.15. The minimum Gasteiger partial charge on any atom is -0.167 e. The fourth-order valence-corrected chi connectivity index (χ4v) is 2.84. The Hall–Kier alpha value is -1.20. The molecule has 6 heteroatoms. The van der Waals surface area contributed by atoms with Crippen molar-refractivity contribution in [3.8, 4) is 0 Å². The van der Waals surface area contributed by atoms with Crippen molar-refractivity contribution >= 4 is 0 Å². The summed E-state index contributed by atoms with van der Waals surface area (Å²) in [5.74, 6) is 0. The van der Waals surface area contributed by atoms with Crippen LogP contribution in [0.25, 0.3) is 0 Å². The van der Waals surface area contributed by atoms with Gasteiger partial charge in [0.05, 0.1) is 13.1 Å². The molecule has 0 unspecified atom stereocenters. The zero-order chi connectivity index (χ0) is 16.3. The van der Waals surface area contributed by atoms with E-state index in [1.165, 1.54) is 83.5 Å². The molecule has 1 rings (SSSR count). The van der Waals surface area contributed by atoms with Crippen molar-refractivity contribution in [1.82, 2.24) is 0 Å². The van der Waals surface area contributed by atoms with Crippen LogP contribution in [0.3, 0.4) is 0 Å². The number of hydrogen-bond donors (Lipinski definition) is 0. The van der Waals surface area contributed by atoms with Crippen molar-refractivity contribution in [3.05, 3.63) is 0 Å². The lowest BCUT2D eigenvalue weighted by Gasteiger charge is -2.03. The van der Waals surface area contributed by atoms with Crippen LogP contribution in [-0.2, 0) is 0 Å². The van der Waals surface area contributed by atoms with E-state index in [1.807, 2.05) is 0 Å². The van der Waals surface area contributed by atoms with Crippen molar-refractivity contribution in [2.45, 2.75) is 96.3 Å². The highest BCUT2D eigenvalue weighted by atomic mass is 15.6. The molecule has 0 N–H and O–H groups in total. The van der Waals surface area contributed by atoms with Crippen LogP contribution in [-0.4, -0.2) is 13.1 Å². The molecule has 0 aromatic rings. The molecule has 23 heavy (non-hydrogen) atoms. The predicted octanol–water partition coefficient (Wildman–Crippen LogP) is 7.04. The molecule has 0 radical (unpaired) electrons. The largest absolute Gasteiger partial charge is 0.167 e. The highest BCUT2D eigenvalue weighted by molar-refractivity contribution is 4.51. The third kappa shape index (κ3) is 15.5. The lowest BCUT2D eigenvalue weighted by Crippen LogP contribution is -1.85. The number of nitrogens with zero attached hydrogens (tertiary/aromatic N) is 6.